The SMILES string of the molecule is Cc1nn(C)c(C)c1S(=O)(=O)N1CCC(Oc2nccnc2C#N)C1. The van der Waals surface area contributed by atoms with Crippen LogP contribution in [-0.4, -0.2) is 51.7 Å². The smallest absolute Gasteiger partial charge is 0.251 e. The maximum atomic E-state index is 12.9. The first-order chi connectivity index (χ1) is 11.8. The summed E-state index contributed by atoms with van der Waals surface area (Å²) in [7, 11) is -1.93. The molecule has 0 bridgehead atoms. The van der Waals surface area contributed by atoms with Gasteiger partial charge in [0.05, 0.1) is 17.9 Å². The lowest BCUT2D eigenvalue weighted by Gasteiger charge is -2.17. The van der Waals surface area contributed by atoms with E-state index >= 15 is 0 Å². The molecule has 2 aromatic rings. The quantitative estimate of drug-likeness (QED) is 0.780. The van der Waals surface area contributed by atoms with Crippen molar-refractivity contribution in [3.63, 3.8) is 0 Å². The number of nitrogens with zero attached hydrogens (tertiary/aromatic N) is 6. The molecule has 1 fully saturated rings. The van der Waals surface area contributed by atoms with Crippen molar-refractivity contribution >= 4 is 10.0 Å². The molecule has 25 heavy (non-hydrogen) atoms. The minimum atomic E-state index is -3.65. The van der Waals surface area contributed by atoms with Gasteiger partial charge in [-0.3, -0.25) is 4.68 Å². The Morgan fingerprint density at radius 1 is 1.32 bits per heavy atom. The molecule has 2 aromatic heterocycles. The van der Waals surface area contributed by atoms with Crippen molar-refractivity contribution in [2.24, 2.45) is 7.05 Å². The number of aromatic nitrogens is 4. The van der Waals surface area contributed by atoms with Crippen molar-refractivity contribution in [1.29, 1.82) is 5.26 Å². The molecule has 0 aromatic carbocycles. The summed E-state index contributed by atoms with van der Waals surface area (Å²) in [5.41, 5.74) is 1.16. The van der Waals surface area contributed by atoms with Crippen molar-refractivity contribution in [2.45, 2.75) is 31.3 Å². The van der Waals surface area contributed by atoms with Gasteiger partial charge in [-0.05, 0) is 20.3 Å². The molecule has 1 aliphatic rings. The van der Waals surface area contributed by atoms with Gasteiger partial charge in [0.15, 0.2) is 0 Å². The summed E-state index contributed by atoms with van der Waals surface area (Å²) in [6, 6.07) is 1.91. The largest absolute Gasteiger partial charge is 0.471 e. The van der Waals surface area contributed by atoms with Gasteiger partial charge in [0.1, 0.15) is 17.1 Å². The molecule has 1 unspecified atom stereocenters. The molecule has 0 saturated carbocycles. The summed E-state index contributed by atoms with van der Waals surface area (Å²) in [6.45, 7) is 3.94. The third kappa shape index (κ3) is 3.08. The van der Waals surface area contributed by atoms with Crippen LogP contribution in [0.5, 0.6) is 5.88 Å². The van der Waals surface area contributed by atoms with E-state index in [0.29, 0.717) is 24.4 Å². The number of hydrogen-bond donors (Lipinski definition) is 0. The molecule has 1 aliphatic heterocycles. The van der Waals surface area contributed by atoms with Crippen LogP contribution in [0.3, 0.4) is 0 Å². The molecule has 1 atom stereocenters. The zero-order valence-corrected chi connectivity index (χ0v) is 15.0. The van der Waals surface area contributed by atoms with Gasteiger partial charge in [-0.2, -0.15) is 14.7 Å². The van der Waals surface area contributed by atoms with E-state index in [1.165, 1.54) is 16.7 Å². The Labute approximate surface area is 145 Å². The second kappa shape index (κ2) is 6.42. The van der Waals surface area contributed by atoms with E-state index in [-0.39, 0.29) is 29.1 Å². The molecule has 1 saturated heterocycles. The first kappa shape index (κ1) is 17.3. The summed E-state index contributed by atoms with van der Waals surface area (Å²) >= 11 is 0. The lowest BCUT2D eigenvalue weighted by atomic mass is 10.3. The normalized spacial score (nSPS) is 18.2. The maximum absolute atomic E-state index is 12.9. The summed E-state index contributed by atoms with van der Waals surface area (Å²) in [5.74, 6) is 0.128. The van der Waals surface area contributed by atoms with Gasteiger partial charge in [-0.15, -0.1) is 0 Å². The number of aryl methyl sites for hydroxylation is 2. The van der Waals surface area contributed by atoms with Gasteiger partial charge in [-0.1, -0.05) is 0 Å². The van der Waals surface area contributed by atoms with Crippen LogP contribution >= 0.6 is 0 Å². The minimum absolute atomic E-state index is 0.0859. The highest BCUT2D eigenvalue weighted by atomic mass is 32.2. The molecular formula is C15H18N6O3S. The van der Waals surface area contributed by atoms with E-state index in [1.54, 1.807) is 25.6 Å². The number of sulfonamides is 1. The lowest BCUT2D eigenvalue weighted by Crippen LogP contribution is -2.32. The first-order valence-corrected chi connectivity index (χ1v) is 9.16. The number of ether oxygens (including phenoxy) is 1. The summed E-state index contributed by atoms with van der Waals surface area (Å²) in [5, 5.41) is 13.2. The van der Waals surface area contributed by atoms with Crippen LogP contribution in [0.1, 0.15) is 23.5 Å². The van der Waals surface area contributed by atoms with Crippen LogP contribution < -0.4 is 4.74 Å². The number of hydrogen-bond acceptors (Lipinski definition) is 7. The highest BCUT2D eigenvalue weighted by Crippen LogP contribution is 2.27. The standard InChI is InChI=1S/C15H18N6O3S/c1-10-14(11(2)20(3)19-10)25(22,23)21-7-4-12(9-21)24-15-13(8-16)17-5-6-18-15/h5-6,12H,4,7,9H2,1-3H3. The zero-order valence-electron chi connectivity index (χ0n) is 14.2. The average Bonchev–Trinajstić information content (AvgIpc) is 3.13. The van der Waals surface area contributed by atoms with Crippen LogP contribution in [0, 0.1) is 25.2 Å². The first-order valence-electron chi connectivity index (χ1n) is 7.72. The molecule has 0 N–H and O–H groups in total. The van der Waals surface area contributed by atoms with Gasteiger partial charge in [-0.25, -0.2) is 18.4 Å². The third-order valence-corrected chi connectivity index (χ3v) is 6.32. The molecule has 132 valence electrons. The highest BCUT2D eigenvalue weighted by Gasteiger charge is 2.37. The Kier molecular flexibility index (Phi) is 4.45. The molecule has 0 spiro atoms. The van der Waals surface area contributed by atoms with E-state index in [2.05, 4.69) is 15.1 Å². The second-order valence-electron chi connectivity index (χ2n) is 5.84. The van der Waals surface area contributed by atoms with Crippen LogP contribution in [-0.2, 0) is 17.1 Å². The summed E-state index contributed by atoms with van der Waals surface area (Å²) in [4.78, 5) is 8.13. The van der Waals surface area contributed by atoms with Gasteiger partial charge >= 0.3 is 0 Å². The zero-order chi connectivity index (χ0) is 18.2. The van der Waals surface area contributed by atoms with Crippen molar-refractivity contribution < 1.29 is 13.2 Å². The molecular weight excluding hydrogens is 344 g/mol. The lowest BCUT2D eigenvalue weighted by molar-refractivity contribution is 0.205. The van der Waals surface area contributed by atoms with Crippen molar-refractivity contribution in [3.8, 4) is 11.9 Å². The summed E-state index contributed by atoms with van der Waals surface area (Å²) in [6.07, 6.45) is 2.97. The minimum Gasteiger partial charge on any atom is -0.471 e. The molecule has 3 rings (SSSR count). The highest BCUT2D eigenvalue weighted by molar-refractivity contribution is 7.89. The number of rotatable bonds is 4. The van der Waals surface area contributed by atoms with Gasteiger partial charge < -0.3 is 4.74 Å². The molecule has 9 nitrogen and oxygen atoms in total. The molecule has 0 aliphatic carbocycles. The Bertz CT molecular complexity index is 947. The van der Waals surface area contributed by atoms with Crippen molar-refractivity contribution in [3.05, 3.63) is 29.5 Å². The maximum Gasteiger partial charge on any atom is 0.251 e. The van der Waals surface area contributed by atoms with Crippen LogP contribution in [0.4, 0.5) is 0 Å². The van der Waals surface area contributed by atoms with E-state index in [9.17, 15) is 8.42 Å². The topological polar surface area (TPSA) is 114 Å². The fourth-order valence-corrected chi connectivity index (χ4v) is 4.80. The molecule has 3 heterocycles. The predicted molar refractivity (Wildman–Crippen MR) is 87.2 cm³/mol. The van der Waals surface area contributed by atoms with Gasteiger partial charge in [0.25, 0.3) is 5.88 Å². The van der Waals surface area contributed by atoms with Gasteiger partial charge in [0, 0.05) is 26.0 Å². The average molecular weight is 362 g/mol. The van der Waals surface area contributed by atoms with Crippen LogP contribution in [0.2, 0.25) is 0 Å². The van der Waals surface area contributed by atoms with Crippen molar-refractivity contribution in [1.82, 2.24) is 24.1 Å². The molecule has 10 heteroatoms. The Morgan fingerprint density at radius 2 is 2.04 bits per heavy atom. The van der Waals surface area contributed by atoms with Crippen molar-refractivity contribution in [2.75, 3.05) is 13.1 Å². The molecule has 0 radical (unpaired) electrons. The Hall–Kier alpha value is -2.51. The summed E-state index contributed by atoms with van der Waals surface area (Å²) < 4.78 is 34.5. The molecule has 0 amide bonds. The van der Waals surface area contributed by atoms with E-state index in [1.807, 2.05) is 6.07 Å². The fraction of sp³-hybridized carbons (Fsp3) is 0.467. The van der Waals surface area contributed by atoms with Gasteiger partial charge in [0.2, 0.25) is 15.7 Å². The van der Waals surface area contributed by atoms with E-state index in [0.717, 1.165) is 0 Å². The van der Waals surface area contributed by atoms with E-state index < -0.39 is 10.0 Å². The Morgan fingerprint density at radius 3 is 2.68 bits per heavy atom. The second-order valence-corrected chi connectivity index (χ2v) is 7.71. The van der Waals surface area contributed by atoms with Crippen LogP contribution in [0.15, 0.2) is 17.3 Å². The van der Waals surface area contributed by atoms with E-state index in [4.69, 9.17) is 10.00 Å². The van der Waals surface area contributed by atoms with Crippen LogP contribution in [0.25, 0.3) is 0 Å². The monoisotopic (exact) mass is 362 g/mol. The Balaban J connectivity index is 1.80. The fourth-order valence-electron chi connectivity index (χ4n) is 2.91. The number of nitriles is 1. The third-order valence-electron chi connectivity index (χ3n) is 4.20. The predicted octanol–water partition coefficient (Wildman–Crippen LogP) is 0.541.